The predicted molar refractivity (Wildman–Crippen MR) is 108 cm³/mol. The molecule has 1 amide bonds. The number of piperidine rings is 1. The summed E-state index contributed by atoms with van der Waals surface area (Å²) in [6, 6.07) is 12.7. The van der Waals surface area contributed by atoms with Crippen molar-refractivity contribution in [1.82, 2.24) is 9.47 Å². The van der Waals surface area contributed by atoms with E-state index in [4.69, 9.17) is 18.0 Å². The smallest absolute Gasteiger partial charge is 0.251 e. The van der Waals surface area contributed by atoms with Crippen molar-refractivity contribution in [3.8, 4) is 0 Å². The van der Waals surface area contributed by atoms with Crippen LogP contribution in [0.2, 0.25) is 0 Å². The van der Waals surface area contributed by atoms with Gasteiger partial charge in [0.2, 0.25) is 0 Å². The number of nitrogens with two attached hydrogens (primary N) is 1. The molecule has 1 saturated heterocycles. The Kier molecular flexibility index (Phi) is 5.89. The SMILES string of the molecule is Cc1cc(C)n(CN2CCC(Cc3ccccc3)CC2)c(=S)c1C(N)=O. The van der Waals surface area contributed by atoms with Crippen molar-refractivity contribution in [2.24, 2.45) is 11.7 Å². The molecule has 1 aliphatic heterocycles. The van der Waals surface area contributed by atoms with Gasteiger partial charge in [0.25, 0.3) is 5.91 Å². The first-order chi connectivity index (χ1) is 12.5. The molecule has 0 aliphatic carbocycles. The molecule has 0 atom stereocenters. The number of aryl methyl sites for hydroxylation is 2. The van der Waals surface area contributed by atoms with Crippen LogP contribution in [0.1, 0.15) is 40.0 Å². The van der Waals surface area contributed by atoms with Crippen LogP contribution in [0.4, 0.5) is 0 Å². The molecule has 4 nitrogen and oxygen atoms in total. The number of amides is 1. The molecule has 2 heterocycles. The third-order valence-electron chi connectivity index (χ3n) is 5.37. The number of hydrogen-bond donors (Lipinski definition) is 1. The van der Waals surface area contributed by atoms with E-state index in [0.717, 1.165) is 43.4 Å². The van der Waals surface area contributed by atoms with E-state index in [9.17, 15) is 4.79 Å². The maximum Gasteiger partial charge on any atom is 0.251 e. The Bertz CT molecular complexity index is 836. The molecule has 1 aromatic carbocycles. The van der Waals surface area contributed by atoms with Gasteiger partial charge < -0.3 is 10.3 Å². The molecular formula is C21H27N3OS. The fraction of sp³-hybridized carbons (Fsp3) is 0.429. The summed E-state index contributed by atoms with van der Waals surface area (Å²) in [4.78, 5) is 14.2. The van der Waals surface area contributed by atoms with Crippen LogP contribution >= 0.6 is 12.2 Å². The van der Waals surface area contributed by atoms with Crippen molar-refractivity contribution >= 4 is 18.1 Å². The summed E-state index contributed by atoms with van der Waals surface area (Å²) in [6.07, 6.45) is 3.54. The van der Waals surface area contributed by atoms with E-state index in [1.807, 2.05) is 24.5 Å². The van der Waals surface area contributed by atoms with Crippen molar-refractivity contribution < 1.29 is 4.79 Å². The Balaban J connectivity index is 1.66. The lowest BCUT2D eigenvalue weighted by molar-refractivity contribution is 0.0997. The van der Waals surface area contributed by atoms with E-state index in [1.54, 1.807) is 0 Å². The van der Waals surface area contributed by atoms with Crippen LogP contribution in [0.3, 0.4) is 0 Å². The fourth-order valence-electron chi connectivity index (χ4n) is 3.88. The molecule has 0 unspecified atom stereocenters. The Morgan fingerprint density at radius 1 is 1.19 bits per heavy atom. The minimum absolute atomic E-state index is 0.442. The summed E-state index contributed by atoms with van der Waals surface area (Å²) in [5, 5.41) is 0. The number of carbonyl (C=O) groups excluding carboxylic acids is 1. The molecule has 0 radical (unpaired) electrons. The first kappa shape index (κ1) is 18.8. The van der Waals surface area contributed by atoms with Gasteiger partial charge in [-0.15, -0.1) is 0 Å². The number of hydrogen-bond acceptors (Lipinski definition) is 3. The molecule has 0 saturated carbocycles. The number of aromatic nitrogens is 1. The molecule has 1 aromatic heterocycles. The van der Waals surface area contributed by atoms with E-state index >= 15 is 0 Å². The van der Waals surface area contributed by atoms with Crippen LogP contribution in [0.15, 0.2) is 36.4 Å². The minimum Gasteiger partial charge on any atom is -0.365 e. The molecule has 5 heteroatoms. The molecule has 0 spiro atoms. The van der Waals surface area contributed by atoms with Crippen LogP contribution in [0.5, 0.6) is 0 Å². The Labute approximate surface area is 160 Å². The van der Waals surface area contributed by atoms with Crippen LogP contribution in [-0.2, 0) is 13.1 Å². The average molecular weight is 370 g/mol. The minimum atomic E-state index is -0.442. The second-order valence-corrected chi connectivity index (χ2v) is 7.72. The lowest BCUT2D eigenvalue weighted by Gasteiger charge is -2.33. The Hall–Kier alpha value is -1.98. The number of primary amides is 1. The Morgan fingerprint density at radius 3 is 2.46 bits per heavy atom. The molecule has 3 rings (SSSR count). The van der Waals surface area contributed by atoms with Gasteiger partial charge in [-0.1, -0.05) is 42.5 Å². The summed E-state index contributed by atoms with van der Waals surface area (Å²) in [5.41, 5.74) is 9.36. The third-order valence-corrected chi connectivity index (χ3v) is 5.79. The number of nitrogens with zero attached hydrogens (tertiary/aromatic N) is 2. The van der Waals surface area contributed by atoms with Gasteiger partial charge in [-0.3, -0.25) is 9.69 Å². The number of likely N-dealkylation sites (tertiary alicyclic amines) is 1. The normalized spacial score (nSPS) is 15.9. The summed E-state index contributed by atoms with van der Waals surface area (Å²) < 4.78 is 2.60. The van der Waals surface area contributed by atoms with Crippen LogP contribution in [0, 0.1) is 24.4 Å². The molecule has 0 bridgehead atoms. The molecule has 1 fully saturated rings. The monoisotopic (exact) mass is 369 g/mol. The highest BCUT2D eigenvalue weighted by atomic mass is 32.1. The zero-order valence-corrected chi connectivity index (χ0v) is 16.4. The van der Waals surface area contributed by atoms with Gasteiger partial charge in [0, 0.05) is 18.8 Å². The van der Waals surface area contributed by atoms with E-state index in [1.165, 1.54) is 18.4 Å². The standard InChI is InChI=1S/C21H27N3OS/c1-15-12-16(2)24(21(26)19(15)20(22)25)14-23-10-8-18(9-11-23)13-17-6-4-3-5-7-17/h3-7,12,18H,8-11,13-14H2,1-2H3,(H2,22,25). The van der Waals surface area contributed by atoms with E-state index in [0.29, 0.717) is 10.2 Å². The molecular weight excluding hydrogens is 342 g/mol. The van der Waals surface area contributed by atoms with Crippen LogP contribution in [-0.4, -0.2) is 28.5 Å². The average Bonchev–Trinajstić information content (AvgIpc) is 2.60. The number of benzene rings is 1. The first-order valence-corrected chi connectivity index (χ1v) is 9.63. The largest absolute Gasteiger partial charge is 0.365 e. The lowest BCUT2D eigenvalue weighted by atomic mass is 9.90. The summed E-state index contributed by atoms with van der Waals surface area (Å²) >= 11 is 5.56. The quantitative estimate of drug-likeness (QED) is 0.815. The van der Waals surface area contributed by atoms with Crippen molar-refractivity contribution in [3.63, 3.8) is 0 Å². The molecule has 138 valence electrons. The fourth-order valence-corrected chi connectivity index (χ4v) is 4.35. The van der Waals surface area contributed by atoms with Crippen molar-refractivity contribution in [1.29, 1.82) is 0 Å². The molecule has 26 heavy (non-hydrogen) atoms. The number of rotatable bonds is 5. The topological polar surface area (TPSA) is 51.3 Å². The number of carbonyl (C=O) groups is 1. The van der Waals surface area contributed by atoms with Gasteiger partial charge in [0.1, 0.15) is 4.64 Å². The zero-order chi connectivity index (χ0) is 18.7. The highest BCUT2D eigenvalue weighted by Crippen LogP contribution is 2.23. The molecule has 2 aromatic rings. The van der Waals surface area contributed by atoms with Crippen molar-refractivity contribution in [2.45, 2.75) is 39.8 Å². The predicted octanol–water partition coefficient (Wildman–Crippen LogP) is 3.85. The zero-order valence-electron chi connectivity index (χ0n) is 15.6. The Morgan fingerprint density at radius 2 is 1.85 bits per heavy atom. The highest BCUT2D eigenvalue weighted by Gasteiger charge is 2.21. The van der Waals surface area contributed by atoms with Crippen LogP contribution < -0.4 is 5.73 Å². The van der Waals surface area contributed by atoms with Gasteiger partial charge in [-0.2, -0.15) is 0 Å². The molecule has 1 aliphatic rings. The maximum atomic E-state index is 11.7. The van der Waals surface area contributed by atoms with Gasteiger partial charge in [-0.25, -0.2) is 0 Å². The maximum absolute atomic E-state index is 11.7. The second-order valence-electron chi connectivity index (χ2n) is 7.33. The highest BCUT2D eigenvalue weighted by molar-refractivity contribution is 7.71. The van der Waals surface area contributed by atoms with Gasteiger partial charge in [0.05, 0.1) is 12.2 Å². The van der Waals surface area contributed by atoms with Gasteiger partial charge in [-0.05, 0) is 56.2 Å². The summed E-state index contributed by atoms with van der Waals surface area (Å²) in [5.74, 6) is 0.296. The van der Waals surface area contributed by atoms with Gasteiger partial charge in [0.15, 0.2) is 0 Å². The van der Waals surface area contributed by atoms with Crippen molar-refractivity contribution in [2.75, 3.05) is 13.1 Å². The summed E-state index contributed by atoms with van der Waals surface area (Å²) in [7, 11) is 0. The van der Waals surface area contributed by atoms with E-state index in [2.05, 4.69) is 35.2 Å². The lowest BCUT2D eigenvalue weighted by Crippen LogP contribution is -2.36. The van der Waals surface area contributed by atoms with Gasteiger partial charge >= 0.3 is 0 Å². The summed E-state index contributed by atoms with van der Waals surface area (Å²) in [6.45, 7) is 6.76. The molecule has 2 N–H and O–H groups in total. The first-order valence-electron chi connectivity index (χ1n) is 9.23. The van der Waals surface area contributed by atoms with Crippen LogP contribution in [0.25, 0.3) is 0 Å². The van der Waals surface area contributed by atoms with Crippen molar-refractivity contribution in [3.05, 3.63) is 63.4 Å². The van der Waals surface area contributed by atoms with E-state index < -0.39 is 5.91 Å². The van der Waals surface area contributed by atoms with E-state index in [-0.39, 0.29) is 0 Å². The second kappa shape index (κ2) is 8.14. The number of pyridine rings is 1. The third kappa shape index (κ3) is 4.22.